The van der Waals surface area contributed by atoms with Crippen molar-refractivity contribution >= 4 is 10.9 Å². The number of nitrogens with zero attached hydrogens (tertiary/aromatic N) is 2. The van der Waals surface area contributed by atoms with Crippen LogP contribution in [0.2, 0.25) is 0 Å². The first kappa shape index (κ1) is 32.5. The molecular formula is C44H46N2O3. The summed E-state index contributed by atoms with van der Waals surface area (Å²) < 4.78 is 20.9. The Bertz CT molecular complexity index is 1910. The van der Waals surface area contributed by atoms with E-state index in [9.17, 15) is 0 Å². The van der Waals surface area contributed by atoms with Gasteiger partial charge in [0.05, 0.1) is 5.69 Å². The molecule has 49 heavy (non-hydrogen) atoms. The molecule has 1 aliphatic rings. The highest BCUT2D eigenvalue weighted by atomic mass is 16.5. The Hall–Kier alpha value is -5.00. The molecule has 0 atom stereocenters. The summed E-state index contributed by atoms with van der Waals surface area (Å²) in [5.74, 6) is 2.68. The van der Waals surface area contributed by atoms with Crippen LogP contribution in [0.25, 0.3) is 22.2 Å². The molecule has 250 valence electrons. The zero-order chi connectivity index (χ0) is 33.3. The van der Waals surface area contributed by atoms with E-state index in [-0.39, 0.29) is 0 Å². The van der Waals surface area contributed by atoms with Gasteiger partial charge >= 0.3 is 0 Å². The Labute approximate surface area is 290 Å². The van der Waals surface area contributed by atoms with E-state index in [1.807, 2.05) is 48.5 Å². The van der Waals surface area contributed by atoms with Crippen molar-refractivity contribution in [1.82, 2.24) is 9.47 Å². The van der Waals surface area contributed by atoms with Gasteiger partial charge < -0.3 is 18.8 Å². The van der Waals surface area contributed by atoms with Crippen molar-refractivity contribution in [2.75, 3.05) is 26.2 Å². The molecule has 0 saturated carbocycles. The number of likely N-dealkylation sites (tertiary alicyclic amines) is 1. The highest BCUT2D eigenvalue weighted by Crippen LogP contribution is 2.36. The summed E-state index contributed by atoms with van der Waals surface area (Å²) in [6.07, 6.45) is 5.32. The standard InChI is InChI=1S/C44H46N2O3/c1-34-42-30-41(49-32-36-12-6-4-7-13-36)24-25-43(42)46(44(34)38-20-16-37(17-21-38)33-48-39-14-8-5-9-15-39)31-35-18-22-40(23-19-35)47-29-28-45-26-10-2-3-11-27-45/h4-9,12-25,30H,2-3,10-11,26-29,31-33H2,1H3. The van der Waals surface area contributed by atoms with Crippen LogP contribution >= 0.6 is 0 Å². The maximum atomic E-state index is 6.26. The second-order valence-corrected chi connectivity index (χ2v) is 13.1. The van der Waals surface area contributed by atoms with E-state index in [1.54, 1.807) is 0 Å². The van der Waals surface area contributed by atoms with Crippen molar-refractivity contribution in [3.05, 3.63) is 150 Å². The van der Waals surface area contributed by atoms with E-state index in [0.717, 1.165) is 48.1 Å². The number of hydrogen-bond donors (Lipinski definition) is 0. The summed E-state index contributed by atoms with van der Waals surface area (Å²) in [6, 6.07) is 44.2. The fourth-order valence-electron chi connectivity index (χ4n) is 6.84. The van der Waals surface area contributed by atoms with E-state index in [0.29, 0.717) is 13.2 Å². The van der Waals surface area contributed by atoms with Gasteiger partial charge in [-0.15, -0.1) is 0 Å². The predicted molar refractivity (Wildman–Crippen MR) is 200 cm³/mol. The van der Waals surface area contributed by atoms with Crippen molar-refractivity contribution in [1.29, 1.82) is 0 Å². The molecule has 6 aromatic rings. The third-order valence-electron chi connectivity index (χ3n) is 9.55. The van der Waals surface area contributed by atoms with Gasteiger partial charge in [0.2, 0.25) is 0 Å². The average Bonchev–Trinajstić information content (AvgIpc) is 3.28. The maximum absolute atomic E-state index is 6.26. The molecule has 0 aliphatic carbocycles. The van der Waals surface area contributed by atoms with E-state index in [4.69, 9.17) is 14.2 Å². The van der Waals surface area contributed by atoms with Crippen LogP contribution in [0.3, 0.4) is 0 Å². The number of aromatic nitrogens is 1. The molecule has 5 heteroatoms. The first-order valence-corrected chi connectivity index (χ1v) is 17.7. The van der Waals surface area contributed by atoms with Crippen LogP contribution in [0, 0.1) is 6.92 Å². The summed E-state index contributed by atoms with van der Waals surface area (Å²) >= 11 is 0. The largest absolute Gasteiger partial charge is 0.492 e. The zero-order valence-corrected chi connectivity index (χ0v) is 28.5. The Morgan fingerprint density at radius 2 is 1.14 bits per heavy atom. The molecule has 0 unspecified atom stereocenters. The number of ether oxygens (including phenoxy) is 3. The topological polar surface area (TPSA) is 35.9 Å². The van der Waals surface area contributed by atoms with Gasteiger partial charge in [-0.3, -0.25) is 4.90 Å². The second-order valence-electron chi connectivity index (χ2n) is 13.1. The Morgan fingerprint density at radius 3 is 1.86 bits per heavy atom. The monoisotopic (exact) mass is 650 g/mol. The minimum absolute atomic E-state index is 0.529. The first-order chi connectivity index (χ1) is 24.2. The number of hydrogen-bond acceptors (Lipinski definition) is 4. The van der Waals surface area contributed by atoms with Gasteiger partial charge in [0, 0.05) is 24.0 Å². The van der Waals surface area contributed by atoms with Gasteiger partial charge in [0.25, 0.3) is 0 Å². The molecule has 2 heterocycles. The summed E-state index contributed by atoms with van der Waals surface area (Å²) in [5.41, 5.74) is 8.34. The smallest absolute Gasteiger partial charge is 0.120 e. The number of aryl methyl sites for hydroxylation is 1. The Balaban J connectivity index is 1.12. The SMILES string of the molecule is Cc1c(-c2ccc(COc3ccccc3)cc2)n(Cc2ccc(OCCN3CCCCCC3)cc2)c2ccc(OCc3ccccc3)cc12. The van der Waals surface area contributed by atoms with Gasteiger partial charge in [-0.2, -0.15) is 0 Å². The number of para-hydroxylation sites is 1. The van der Waals surface area contributed by atoms with E-state index < -0.39 is 0 Å². The van der Waals surface area contributed by atoms with Crippen LogP contribution in [-0.4, -0.2) is 35.7 Å². The van der Waals surface area contributed by atoms with Crippen molar-refractivity contribution in [3.8, 4) is 28.5 Å². The van der Waals surface area contributed by atoms with Crippen molar-refractivity contribution in [2.45, 2.75) is 52.4 Å². The molecule has 7 rings (SSSR count). The Kier molecular flexibility index (Phi) is 10.6. The summed E-state index contributed by atoms with van der Waals surface area (Å²) in [7, 11) is 0. The van der Waals surface area contributed by atoms with E-state index >= 15 is 0 Å². The first-order valence-electron chi connectivity index (χ1n) is 17.7. The number of rotatable bonds is 13. The molecule has 1 aromatic heterocycles. The molecule has 1 saturated heterocycles. The van der Waals surface area contributed by atoms with Gasteiger partial charge in [-0.25, -0.2) is 0 Å². The number of benzene rings is 5. The summed E-state index contributed by atoms with van der Waals surface area (Å²) in [4.78, 5) is 2.54. The maximum Gasteiger partial charge on any atom is 0.120 e. The highest BCUT2D eigenvalue weighted by molar-refractivity contribution is 5.92. The molecule has 1 fully saturated rings. The van der Waals surface area contributed by atoms with Crippen LogP contribution in [-0.2, 0) is 19.8 Å². The quantitative estimate of drug-likeness (QED) is 0.125. The average molecular weight is 651 g/mol. The molecule has 0 bridgehead atoms. The predicted octanol–water partition coefficient (Wildman–Crippen LogP) is 10.1. The highest BCUT2D eigenvalue weighted by Gasteiger charge is 2.18. The lowest BCUT2D eigenvalue weighted by Gasteiger charge is -2.19. The lowest BCUT2D eigenvalue weighted by Crippen LogP contribution is -2.29. The van der Waals surface area contributed by atoms with Crippen LogP contribution < -0.4 is 14.2 Å². The molecular weight excluding hydrogens is 604 g/mol. The third kappa shape index (κ3) is 8.36. The summed E-state index contributed by atoms with van der Waals surface area (Å²) in [5, 5.41) is 1.20. The Morgan fingerprint density at radius 1 is 0.551 bits per heavy atom. The zero-order valence-electron chi connectivity index (χ0n) is 28.5. The third-order valence-corrected chi connectivity index (χ3v) is 9.55. The minimum Gasteiger partial charge on any atom is -0.492 e. The molecule has 1 aliphatic heterocycles. The molecule has 0 radical (unpaired) electrons. The number of fused-ring (bicyclic) bond motifs is 1. The van der Waals surface area contributed by atoms with Crippen molar-refractivity contribution in [3.63, 3.8) is 0 Å². The van der Waals surface area contributed by atoms with E-state index in [1.165, 1.54) is 72.1 Å². The molecule has 0 spiro atoms. The summed E-state index contributed by atoms with van der Waals surface area (Å²) in [6.45, 7) is 8.15. The molecule has 0 N–H and O–H groups in total. The van der Waals surface area contributed by atoms with E-state index in [2.05, 4.69) is 95.3 Å². The normalized spacial score (nSPS) is 13.7. The van der Waals surface area contributed by atoms with Crippen LogP contribution in [0.4, 0.5) is 0 Å². The second kappa shape index (κ2) is 15.9. The molecule has 5 aromatic carbocycles. The van der Waals surface area contributed by atoms with Gasteiger partial charge in [-0.1, -0.05) is 97.8 Å². The van der Waals surface area contributed by atoms with Crippen molar-refractivity contribution in [2.24, 2.45) is 0 Å². The fourth-order valence-corrected chi connectivity index (χ4v) is 6.84. The van der Waals surface area contributed by atoms with Crippen LogP contribution in [0.15, 0.2) is 127 Å². The van der Waals surface area contributed by atoms with Crippen molar-refractivity contribution < 1.29 is 14.2 Å². The fraction of sp³-hybridized carbons (Fsp3) is 0.273. The van der Waals surface area contributed by atoms with Gasteiger partial charge in [-0.05, 0) is 103 Å². The lowest BCUT2D eigenvalue weighted by molar-refractivity contribution is 0.214. The van der Waals surface area contributed by atoms with Crippen LogP contribution in [0.5, 0.6) is 17.2 Å². The minimum atomic E-state index is 0.529. The van der Waals surface area contributed by atoms with Gasteiger partial charge in [0.15, 0.2) is 0 Å². The lowest BCUT2D eigenvalue weighted by atomic mass is 10.0. The molecule has 5 nitrogen and oxygen atoms in total. The molecule has 0 amide bonds. The van der Waals surface area contributed by atoms with Crippen LogP contribution in [0.1, 0.15) is 47.9 Å². The van der Waals surface area contributed by atoms with Gasteiger partial charge in [0.1, 0.15) is 37.1 Å².